The number of benzene rings is 1. The predicted molar refractivity (Wildman–Crippen MR) is 75.8 cm³/mol. The summed E-state index contributed by atoms with van der Waals surface area (Å²) in [5, 5.41) is 2.62. The van der Waals surface area contributed by atoms with Crippen LogP contribution in [0.3, 0.4) is 0 Å². The fraction of sp³-hybridized carbons (Fsp3) is 0.333. The number of rotatable bonds is 5. The van der Waals surface area contributed by atoms with E-state index in [0.29, 0.717) is 0 Å². The van der Waals surface area contributed by atoms with Gasteiger partial charge < -0.3 is 0 Å². The van der Waals surface area contributed by atoms with Crippen LogP contribution in [0.5, 0.6) is 0 Å². The highest BCUT2D eigenvalue weighted by Gasteiger charge is 2.40. The molecule has 0 amide bonds. The van der Waals surface area contributed by atoms with Crippen molar-refractivity contribution in [2.75, 3.05) is 0 Å². The van der Waals surface area contributed by atoms with Crippen molar-refractivity contribution in [3.63, 3.8) is 0 Å². The van der Waals surface area contributed by atoms with Gasteiger partial charge in [-0.05, 0) is 24.1 Å². The average molecular weight is 299 g/mol. The Morgan fingerprint density at radius 1 is 1.05 bits per heavy atom. The van der Waals surface area contributed by atoms with Crippen LogP contribution in [0.25, 0.3) is 0 Å². The molecule has 108 valence electrons. The second-order valence-electron chi connectivity index (χ2n) is 4.49. The summed E-state index contributed by atoms with van der Waals surface area (Å²) in [5.41, 5.74) is 0.243. The number of nitrogens with one attached hydrogen (secondary N) is 1. The van der Waals surface area contributed by atoms with Crippen LogP contribution in [0.2, 0.25) is 0 Å². The van der Waals surface area contributed by atoms with Crippen molar-refractivity contribution < 1.29 is 13.2 Å². The van der Waals surface area contributed by atoms with Crippen molar-refractivity contribution in [3.05, 3.63) is 57.8 Å². The van der Waals surface area contributed by atoms with E-state index in [-0.39, 0.29) is 12.1 Å². The molecule has 0 aliphatic heterocycles. The molecule has 0 saturated carbocycles. The third-order valence-corrected chi connectivity index (χ3v) is 4.24. The highest BCUT2D eigenvalue weighted by atomic mass is 32.1. The van der Waals surface area contributed by atoms with Crippen LogP contribution in [0.15, 0.2) is 42.5 Å². The fourth-order valence-corrected chi connectivity index (χ4v) is 2.89. The Bertz CT molecular complexity index is 534. The number of halogens is 3. The van der Waals surface area contributed by atoms with Gasteiger partial charge in [-0.15, -0.1) is 11.3 Å². The molecule has 0 aliphatic carbocycles. The standard InChI is InChI=1S/C15H16F3NS/c1-2-12-8-9-13(20-12)10-19-14(15(16,17)18)11-6-4-3-5-7-11/h3-9,14,19H,2,10H2,1H3. The van der Waals surface area contributed by atoms with Gasteiger partial charge in [0.2, 0.25) is 0 Å². The highest BCUT2D eigenvalue weighted by Crippen LogP contribution is 2.33. The van der Waals surface area contributed by atoms with E-state index >= 15 is 0 Å². The molecule has 0 radical (unpaired) electrons. The third kappa shape index (κ3) is 3.84. The summed E-state index contributed by atoms with van der Waals surface area (Å²) in [6.45, 7) is 2.26. The monoisotopic (exact) mass is 299 g/mol. The molecular weight excluding hydrogens is 283 g/mol. The summed E-state index contributed by atoms with van der Waals surface area (Å²) < 4.78 is 39.4. The Hall–Kier alpha value is -1.33. The lowest BCUT2D eigenvalue weighted by atomic mass is 10.1. The van der Waals surface area contributed by atoms with Gasteiger partial charge in [-0.2, -0.15) is 13.2 Å². The highest BCUT2D eigenvalue weighted by molar-refractivity contribution is 7.11. The first-order chi connectivity index (χ1) is 9.50. The fourth-order valence-electron chi connectivity index (χ4n) is 1.98. The van der Waals surface area contributed by atoms with Crippen molar-refractivity contribution in [2.24, 2.45) is 0 Å². The van der Waals surface area contributed by atoms with E-state index in [2.05, 4.69) is 5.32 Å². The summed E-state index contributed by atoms with van der Waals surface area (Å²) >= 11 is 1.55. The lowest BCUT2D eigenvalue weighted by Crippen LogP contribution is -2.33. The molecule has 1 unspecified atom stereocenters. The molecule has 5 heteroatoms. The maximum absolute atomic E-state index is 13.1. The number of thiophene rings is 1. The number of hydrogen-bond acceptors (Lipinski definition) is 2. The lowest BCUT2D eigenvalue weighted by Gasteiger charge is -2.21. The number of hydrogen-bond donors (Lipinski definition) is 1. The summed E-state index contributed by atoms with van der Waals surface area (Å²) in [6, 6.07) is 10.2. The first-order valence-electron chi connectivity index (χ1n) is 6.43. The van der Waals surface area contributed by atoms with Gasteiger partial charge in [0, 0.05) is 16.3 Å². The van der Waals surface area contributed by atoms with Crippen LogP contribution in [0.1, 0.15) is 28.3 Å². The van der Waals surface area contributed by atoms with Crippen molar-refractivity contribution in [3.8, 4) is 0 Å². The average Bonchev–Trinajstić information content (AvgIpc) is 2.87. The van der Waals surface area contributed by atoms with Gasteiger partial charge in [-0.1, -0.05) is 37.3 Å². The van der Waals surface area contributed by atoms with E-state index in [0.717, 1.165) is 11.3 Å². The second-order valence-corrected chi connectivity index (χ2v) is 5.74. The second kappa shape index (κ2) is 6.41. The Morgan fingerprint density at radius 2 is 1.70 bits per heavy atom. The molecule has 1 N–H and O–H groups in total. The Morgan fingerprint density at radius 3 is 2.25 bits per heavy atom. The van der Waals surface area contributed by atoms with Crippen molar-refractivity contribution >= 4 is 11.3 Å². The van der Waals surface area contributed by atoms with E-state index in [1.54, 1.807) is 29.5 Å². The van der Waals surface area contributed by atoms with Crippen molar-refractivity contribution in [1.29, 1.82) is 0 Å². The van der Waals surface area contributed by atoms with E-state index < -0.39 is 12.2 Å². The van der Waals surface area contributed by atoms with Gasteiger partial charge in [0.1, 0.15) is 6.04 Å². The molecule has 1 nitrogen and oxygen atoms in total. The molecule has 0 fully saturated rings. The Kier molecular flexibility index (Phi) is 4.83. The molecule has 2 aromatic rings. The van der Waals surface area contributed by atoms with Gasteiger partial charge in [-0.25, -0.2) is 0 Å². The Labute approximate surface area is 120 Å². The van der Waals surface area contributed by atoms with Crippen LogP contribution >= 0.6 is 11.3 Å². The Balaban J connectivity index is 2.09. The van der Waals surface area contributed by atoms with E-state index in [4.69, 9.17) is 0 Å². The molecule has 1 aromatic carbocycles. The minimum atomic E-state index is -4.30. The predicted octanol–water partition coefficient (Wildman–Crippen LogP) is 4.70. The normalized spacial score (nSPS) is 13.4. The quantitative estimate of drug-likeness (QED) is 0.843. The summed E-state index contributed by atoms with van der Waals surface area (Å²) in [7, 11) is 0. The maximum Gasteiger partial charge on any atom is 0.407 e. The molecule has 2 rings (SSSR count). The van der Waals surface area contributed by atoms with Gasteiger partial charge in [0.25, 0.3) is 0 Å². The molecule has 1 heterocycles. The first kappa shape index (κ1) is 15.1. The lowest BCUT2D eigenvalue weighted by molar-refractivity contribution is -0.158. The molecule has 1 atom stereocenters. The van der Waals surface area contributed by atoms with Crippen LogP contribution in [0.4, 0.5) is 13.2 Å². The SMILES string of the molecule is CCc1ccc(CNC(c2ccccc2)C(F)(F)F)s1. The molecule has 0 aliphatic rings. The molecule has 0 bridgehead atoms. The zero-order valence-corrected chi connectivity index (χ0v) is 11.9. The minimum absolute atomic E-state index is 0.226. The van der Waals surface area contributed by atoms with Gasteiger partial charge >= 0.3 is 6.18 Å². The largest absolute Gasteiger partial charge is 0.407 e. The van der Waals surface area contributed by atoms with E-state index in [9.17, 15) is 13.2 Å². The third-order valence-electron chi connectivity index (χ3n) is 3.01. The topological polar surface area (TPSA) is 12.0 Å². The summed E-state index contributed by atoms with van der Waals surface area (Å²) in [4.78, 5) is 2.11. The van der Waals surface area contributed by atoms with Gasteiger partial charge in [0.15, 0.2) is 0 Å². The maximum atomic E-state index is 13.1. The summed E-state index contributed by atoms with van der Waals surface area (Å²) in [5.74, 6) is 0. The first-order valence-corrected chi connectivity index (χ1v) is 7.25. The van der Waals surface area contributed by atoms with Crippen LogP contribution < -0.4 is 5.32 Å². The molecule has 0 saturated heterocycles. The van der Waals surface area contributed by atoms with Gasteiger partial charge in [0.05, 0.1) is 0 Å². The minimum Gasteiger partial charge on any atom is -0.298 e. The van der Waals surface area contributed by atoms with Crippen molar-refractivity contribution in [1.82, 2.24) is 5.32 Å². The molecular formula is C15H16F3NS. The molecule has 0 spiro atoms. The van der Waals surface area contributed by atoms with E-state index in [1.165, 1.54) is 17.0 Å². The van der Waals surface area contributed by atoms with Crippen molar-refractivity contribution in [2.45, 2.75) is 32.1 Å². The molecule has 20 heavy (non-hydrogen) atoms. The zero-order valence-electron chi connectivity index (χ0n) is 11.1. The van der Waals surface area contributed by atoms with Crippen LogP contribution in [-0.4, -0.2) is 6.18 Å². The van der Waals surface area contributed by atoms with Crippen LogP contribution in [0, 0.1) is 0 Å². The number of aryl methyl sites for hydroxylation is 1. The zero-order chi connectivity index (χ0) is 14.6. The van der Waals surface area contributed by atoms with E-state index in [1.807, 2.05) is 19.1 Å². The summed E-state index contributed by atoms with van der Waals surface area (Å²) in [6.07, 6.45) is -3.39. The van der Waals surface area contributed by atoms with Gasteiger partial charge in [-0.3, -0.25) is 5.32 Å². The molecule has 1 aromatic heterocycles. The number of alkyl halides is 3. The smallest absolute Gasteiger partial charge is 0.298 e. The van der Waals surface area contributed by atoms with Crippen LogP contribution in [-0.2, 0) is 13.0 Å².